The molecule has 2 aromatic rings. The van der Waals surface area contributed by atoms with Crippen molar-refractivity contribution in [3.8, 4) is 5.75 Å². The number of hydrogen-bond acceptors (Lipinski definition) is 5. The van der Waals surface area contributed by atoms with Crippen molar-refractivity contribution in [3.63, 3.8) is 0 Å². The highest BCUT2D eigenvalue weighted by Crippen LogP contribution is 2.33. The van der Waals surface area contributed by atoms with Gasteiger partial charge in [0.25, 0.3) is 0 Å². The van der Waals surface area contributed by atoms with Crippen LogP contribution in [0.2, 0.25) is 0 Å². The fourth-order valence-electron chi connectivity index (χ4n) is 2.40. The lowest BCUT2D eigenvalue weighted by Crippen LogP contribution is -2.41. The van der Waals surface area contributed by atoms with Crippen LogP contribution in [0.4, 0.5) is 0 Å². The first-order valence-electron chi connectivity index (χ1n) is 6.65. The van der Waals surface area contributed by atoms with Gasteiger partial charge in [-0.25, -0.2) is 0 Å². The Balaban J connectivity index is 2.47. The molecule has 5 heteroatoms. The molecule has 0 bridgehead atoms. The van der Waals surface area contributed by atoms with Crippen LogP contribution in [0.25, 0.3) is 0 Å². The number of carboxylic acids is 2. The highest BCUT2D eigenvalue weighted by atomic mass is 16.5. The van der Waals surface area contributed by atoms with Gasteiger partial charge >= 0.3 is 0 Å². The first kappa shape index (κ1) is 15.6. The molecule has 0 aliphatic heterocycles. The third-order valence-electron chi connectivity index (χ3n) is 3.47. The van der Waals surface area contributed by atoms with Gasteiger partial charge in [0, 0.05) is 23.8 Å². The largest absolute Gasteiger partial charge is 0.549 e. The molecule has 0 N–H and O–H groups in total. The third kappa shape index (κ3) is 3.25. The van der Waals surface area contributed by atoms with Crippen molar-refractivity contribution < 1.29 is 24.5 Å². The zero-order valence-corrected chi connectivity index (χ0v) is 11.9. The average Bonchev–Trinajstić information content (AvgIpc) is 2.52. The van der Waals surface area contributed by atoms with Gasteiger partial charge in [0.2, 0.25) is 0 Å². The maximum atomic E-state index is 11.5. The predicted octanol–water partition coefficient (Wildman–Crippen LogP) is 0.0624. The molecule has 0 heterocycles. The topological polar surface area (TPSA) is 89.5 Å². The Kier molecular flexibility index (Phi) is 4.78. The number of carboxylic acid groups (broad SMARTS) is 2. The minimum absolute atomic E-state index is 0.318. The van der Waals surface area contributed by atoms with Crippen molar-refractivity contribution in [2.75, 3.05) is 7.11 Å². The highest BCUT2D eigenvalue weighted by Gasteiger charge is 2.27. The van der Waals surface area contributed by atoms with Gasteiger partial charge in [-0.05, 0) is 23.3 Å². The summed E-state index contributed by atoms with van der Waals surface area (Å²) in [5.74, 6) is -5.07. The van der Waals surface area contributed by atoms with Crippen molar-refractivity contribution >= 4 is 11.9 Å². The molecule has 0 aromatic heterocycles. The first-order valence-corrected chi connectivity index (χ1v) is 6.65. The molecule has 0 fully saturated rings. The quantitative estimate of drug-likeness (QED) is 0.752. The van der Waals surface area contributed by atoms with Crippen LogP contribution < -0.4 is 14.9 Å². The van der Waals surface area contributed by atoms with Crippen LogP contribution in [-0.2, 0) is 9.59 Å². The fraction of sp³-hybridized carbons (Fsp3) is 0.176. The van der Waals surface area contributed by atoms with Gasteiger partial charge in [-0.2, -0.15) is 0 Å². The van der Waals surface area contributed by atoms with Crippen LogP contribution >= 0.6 is 0 Å². The van der Waals surface area contributed by atoms with E-state index in [2.05, 4.69) is 0 Å². The second-order valence-corrected chi connectivity index (χ2v) is 4.78. The van der Waals surface area contributed by atoms with Gasteiger partial charge in [-0.15, -0.1) is 0 Å². The van der Waals surface area contributed by atoms with Crippen molar-refractivity contribution in [3.05, 3.63) is 65.7 Å². The van der Waals surface area contributed by atoms with Crippen molar-refractivity contribution in [1.29, 1.82) is 0 Å². The Morgan fingerprint density at radius 3 is 1.68 bits per heavy atom. The summed E-state index contributed by atoms with van der Waals surface area (Å²) in [5.41, 5.74) is 0.673. The van der Waals surface area contributed by atoms with E-state index < -0.39 is 23.8 Å². The van der Waals surface area contributed by atoms with Crippen LogP contribution in [0.15, 0.2) is 54.6 Å². The summed E-state index contributed by atoms with van der Waals surface area (Å²) in [4.78, 5) is 23.1. The number of ether oxygens (including phenoxy) is 1. The summed E-state index contributed by atoms with van der Waals surface area (Å²) in [7, 11) is 1.49. The number of aliphatic carboxylic acids is 2. The van der Waals surface area contributed by atoms with E-state index in [1.165, 1.54) is 19.2 Å². The fourth-order valence-corrected chi connectivity index (χ4v) is 2.40. The molecule has 2 aromatic carbocycles. The second kappa shape index (κ2) is 6.76. The molecule has 0 radical (unpaired) electrons. The SMILES string of the molecule is COc1ccc(C(C(=O)[O-])C(C(=O)[O-])c2ccccc2)cc1. The van der Waals surface area contributed by atoms with E-state index in [-0.39, 0.29) is 0 Å². The lowest BCUT2D eigenvalue weighted by Gasteiger charge is -2.29. The van der Waals surface area contributed by atoms with E-state index in [1.54, 1.807) is 42.5 Å². The van der Waals surface area contributed by atoms with Crippen molar-refractivity contribution in [2.45, 2.75) is 11.8 Å². The van der Waals surface area contributed by atoms with Gasteiger partial charge in [-0.1, -0.05) is 42.5 Å². The normalized spacial score (nSPS) is 13.1. The Hall–Kier alpha value is -2.82. The summed E-state index contributed by atoms with van der Waals surface area (Å²) >= 11 is 0. The smallest absolute Gasteiger partial charge is 0.118 e. The Morgan fingerprint density at radius 2 is 1.27 bits per heavy atom. The molecule has 0 saturated carbocycles. The lowest BCUT2D eigenvalue weighted by atomic mass is 9.81. The Labute approximate surface area is 127 Å². The number of methoxy groups -OCH3 is 1. The number of hydrogen-bond donors (Lipinski definition) is 0. The van der Waals surface area contributed by atoms with Crippen LogP contribution in [0.1, 0.15) is 23.0 Å². The van der Waals surface area contributed by atoms with E-state index >= 15 is 0 Å². The maximum Gasteiger partial charge on any atom is 0.118 e. The van der Waals surface area contributed by atoms with E-state index in [4.69, 9.17) is 4.74 Å². The summed E-state index contributed by atoms with van der Waals surface area (Å²) in [5, 5.41) is 23.1. The van der Waals surface area contributed by atoms with Gasteiger partial charge in [0.15, 0.2) is 0 Å². The summed E-state index contributed by atoms with van der Waals surface area (Å²) in [6.07, 6.45) is 0. The van der Waals surface area contributed by atoms with E-state index in [0.717, 1.165) is 0 Å². The molecule has 0 spiro atoms. The van der Waals surface area contributed by atoms with Gasteiger partial charge < -0.3 is 24.5 Å². The minimum Gasteiger partial charge on any atom is -0.549 e. The molecule has 0 amide bonds. The molecule has 22 heavy (non-hydrogen) atoms. The first-order chi connectivity index (χ1) is 10.5. The second-order valence-electron chi connectivity index (χ2n) is 4.78. The standard InChI is InChI=1S/C17H16O5/c1-22-13-9-7-12(8-10-13)15(17(20)21)14(16(18)19)11-5-3-2-4-6-11/h2-10,14-15H,1H3,(H,18,19)(H,20,21)/p-2. The molecule has 2 rings (SSSR count). The average molecular weight is 298 g/mol. The molecule has 0 aliphatic carbocycles. The molecule has 2 atom stereocenters. The van der Waals surface area contributed by atoms with Crippen LogP contribution in [0.3, 0.4) is 0 Å². The number of carbonyl (C=O) groups excluding carboxylic acids is 2. The maximum absolute atomic E-state index is 11.5. The van der Waals surface area contributed by atoms with Crippen molar-refractivity contribution in [1.82, 2.24) is 0 Å². The molecular formula is C17H14O5-2. The molecule has 0 aliphatic rings. The Bertz CT molecular complexity index is 649. The Morgan fingerprint density at radius 1 is 0.818 bits per heavy atom. The number of rotatable bonds is 6. The van der Waals surface area contributed by atoms with E-state index in [9.17, 15) is 19.8 Å². The van der Waals surface area contributed by atoms with Gasteiger partial charge in [-0.3, -0.25) is 0 Å². The minimum atomic E-state index is -1.47. The number of carbonyl (C=O) groups is 2. The molecule has 2 unspecified atom stereocenters. The van der Waals surface area contributed by atoms with Crippen molar-refractivity contribution in [2.24, 2.45) is 0 Å². The van der Waals surface area contributed by atoms with Gasteiger partial charge in [0.1, 0.15) is 5.75 Å². The highest BCUT2D eigenvalue weighted by molar-refractivity contribution is 5.86. The molecule has 5 nitrogen and oxygen atoms in total. The molecule has 0 saturated heterocycles. The van der Waals surface area contributed by atoms with Gasteiger partial charge in [0.05, 0.1) is 7.11 Å². The van der Waals surface area contributed by atoms with E-state index in [1.807, 2.05) is 0 Å². The summed E-state index contributed by atoms with van der Waals surface area (Å²) in [6, 6.07) is 14.3. The molecule has 114 valence electrons. The number of benzene rings is 2. The van der Waals surface area contributed by atoms with E-state index in [0.29, 0.717) is 16.9 Å². The lowest BCUT2D eigenvalue weighted by molar-refractivity contribution is -0.319. The monoisotopic (exact) mass is 298 g/mol. The van der Waals surface area contributed by atoms with Crippen LogP contribution in [-0.4, -0.2) is 19.0 Å². The summed E-state index contributed by atoms with van der Waals surface area (Å²) in [6.45, 7) is 0. The summed E-state index contributed by atoms with van der Waals surface area (Å²) < 4.78 is 5.01. The molecular weight excluding hydrogens is 284 g/mol. The van der Waals surface area contributed by atoms with Crippen LogP contribution in [0.5, 0.6) is 5.75 Å². The zero-order valence-electron chi connectivity index (χ0n) is 11.9. The van der Waals surface area contributed by atoms with Crippen LogP contribution in [0, 0.1) is 0 Å². The predicted molar refractivity (Wildman–Crippen MR) is 74.9 cm³/mol. The third-order valence-corrected chi connectivity index (χ3v) is 3.47. The zero-order chi connectivity index (χ0) is 16.1.